The zero-order valence-electron chi connectivity index (χ0n) is 8.16. The van der Waals surface area contributed by atoms with E-state index in [4.69, 9.17) is 4.42 Å². The Bertz CT molecular complexity index is 423. The highest BCUT2D eigenvalue weighted by atomic mass is 16.3. The van der Waals surface area contributed by atoms with Gasteiger partial charge in [-0.2, -0.15) is 0 Å². The van der Waals surface area contributed by atoms with E-state index in [9.17, 15) is 0 Å². The predicted octanol–water partition coefficient (Wildman–Crippen LogP) is 3.13. The number of rotatable bonds is 0. The Labute approximate surface area is 77.6 Å². The van der Waals surface area contributed by atoms with Gasteiger partial charge in [0.25, 0.3) is 0 Å². The molecule has 2 heteroatoms. The normalized spacial score (nSPS) is 12.2. The first-order chi connectivity index (χ1) is 6.07. The fraction of sp³-hybridized carbons (Fsp3) is 0.364. The lowest BCUT2D eigenvalue weighted by Gasteiger charge is -2.17. The van der Waals surface area contributed by atoms with Crippen LogP contribution in [0.15, 0.2) is 29.0 Å². The Balaban J connectivity index is 2.61. The van der Waals surface area contributed by atoms with Crippen molar-refractivity contribution in [2.24, 2.45) is 0 Å². The van der Waals surface area contributed by atoms with Crippen molar-refractivity contribution in [2.75, 3.05) is 0 Å². The van der Waals surface area contributed by atoms with Crippen LogP contribution in [0.2, 0.25) is 0 Å². The Morgan fingerprint density at radius 3 is 2.77 bits per heavy atom. The summed E-state index contributed by atoms with van der Waals surface area (Å²) in [4.78, 5) is 4.31. The highest BCUT2D eigenvalue weighted by Gasteiger charge is 2.14. The van der Waals surface area contributed by atoms with Crippen LogP contribution in [0.4, 0.5) is 0 Å². The average Bonchev–Trinajstić information content (AvgIpc) is 2.47. The molecule has 0 radical (unpaired) electrons. The minimum atomic E-state index is 0.133. The lowest BCUT2D eigenvalue weighted by Crippen LogP contribution is -2.10. The summed E-state index contributed by atoms with van der Waals surface area (Å²) in [6.45, 7) is 6.50. The van der Waals surface area contributed by atoms with Gasteiger partial charge in [0.05, 0.1) is 6.26 Å². The van der Waals surface area contributed by atoms with Crippen molar-refractivity contribution in [1.29, 1.82) is 0 Å². The van der Waals surface area contributed by atoms with Crippen LogP contribution in [0.25, 0.3) is 11.1 Å². The van der Waals surface area contributed by atoms with E-state index in [1.807, 2.05) is 12.3 Å². The maximum Gasteiger partial charge on any atom is 0.152 e. The van der Waals surface area contributed by atoms with Gasteiger partial charge >= 0.3 is 0 Å². The molecule has 2 aromatic heterocycles. The standard InChI is InChI=1S/C11H13NO/c1-11(2,3)8-6-10-9(12-7-8)4-5-13-10/h4-7H,1-3H3. The maximum atomic E-state index is 5.29. The van der Waals surface area contributed by atoms with Crippen LogP contribution >= 0.6 is 0 Å². The van der Waals surface area contributed by atoms with E-state index < -0.39 is 0 Å². The highest BCUT2D eigenvalue weighted by molar-refractivity contribution is 5.72. The van der Waals surface area contributed by atoms with Crippen LogP contribution in [0.1, 0.15) is 26.3 Å². The third kappa shape index (κ3) is 1.44. The molecule has 2 nitrogen and oxygen atoms in total. The molecule has 0 N–H and O–H groups in total. The smallest absolute Gasteiger partial charge is 0.152 e. The molecule has 0 unspecified atom stereocenters. The minimum absolute atomic E-state index is 0.133. The van der Waals surface area contributed by atoms with E-state index in [1.165, 1.54) is 5.56 Å². The molecule has 2 heterocycles. The minimum Gasteiger partial charge on any atom is -0.463 e. The molecule has 0 amide bonds. The zero-order valence-corrected chi connectivity index (χ0v) is 8.16. The summed E-state index contributed by atoms with van der Waals surface area (Å²) in [7, 11) is 0. The van der Waals surface area contributed by atoms with Gasteiger partial charge in [-0.25, -0.2) is 0 Å². The fourth-order valence-corrected chi connectivity index (χ4v) is 1.26. The Hall–Kier alpha value is -1.31. The SMILES string of the molecule is CC(C)(C)c1cnc2ccoc2c1. The van der Waals surface area contributed by atoms with Crippen LogP contribution in [-0.4, -0.2) is 4.98 Å². The first-order valence-electron chi connectivity index (χ1n) is 4.41. The third-order valence-electron chi connectivity index (χ3n) is 2.17. The second-order valence-corrected chi connectivity index (χ2v) is 4.28. The second-order valence-electron chi connectivity index (χ2n) is 4.28. The number of aromatic nitrogens is 1. The second kappa shape index (κ2) is 2.59. The zero-order chi connectivity index (χ0) is 9.47. The molecule has 0 atom stereocenters. The van der Waals surface area contributed by atoms with E-state index in [-0.39, 0.29) is 5.41 Å². The number of hydrogen-bond acceptors (Lipinski definition) is 2. The van der Waals surface area contributed by atoms with Gasteiger partial charge in [-0.1, -0.05) is 20.8 Å². The van der Waals surface area contributed by atoms with Gasteiger partial charge in [-0.3, -0.25) is 4.98 Å². The molecule has 0 saturated heterocycles. The molecule has 0 aromatic carbocycles. The van der Waals surface area contributed by atoms with Crippen molar-refractivity contribution in [3.8, 4) is 0 Å². The van der Waals surface area contributed by atoms with E-state index in [1.54, 1.807) is 6.26 Å². The van der Waals surface area contributed by atoms with Gasteiger partial charge in [-0.15, -0.1) is 0 Å². The molecular weight excluding hydrogens is 162 g/mol. The number of pyridine rings is 1. The Morgan fingerprint density at radius 2 is 2.08 bits per heavy atom. The lowest BCUT2D eigenvalue weighted by atomic mass is 9.88. The Kier molecular flexibility index (Phi) is 1.65. The van der Waals surface area contributed by atoms with E-state index >= 15 is 0 Å². The molecule has 0 aliphatic rings. The lowest BCUT2D eigenvalue weighted by molar-refractivity contribution is 0.580. The van der Waals surface area contributed by atoms with E-state index in [2.05, 4.69) is 31.8 Å². The van der Waals surface area contributed by atoms with E-state index in [0.717, 1.165) is 11.1 Å². The average molecular weight is 175 g/mol. The summed E-state index contributed by atoms with van der Waals surface area (Å²) in [6.07, 6.45) is 3.59. The van der Waals surface area contributed by atoms with Gasteiger partial charge in [0.1, 0.15) is 5.52 Å². The summed E-state index contributed by atoms with van der Waals surface area (Å²) in [5.41, 5.74) is 3.13. The summed E-state index contributed by atoms with van der Waals surface area (Å²) in [5.74, 6) is 0. The molecule has 0 aliphatic carbocycles. The topological polar surface area (TPSA) is 26.0 Å². The van der Waals surface area contributed by atoms with E-state index in [0.29, 0.717) is 0 Å². The summed E-state index contributed by atoms with van der Waals surface area (Å²) < 4.78 is 5.29. The summed E-state index contributed by atoms with van der Waals surface area (Å²) >= 11 is 0. The molecule has 68 valence electrons. The van der Waals surface area contributed by atoms with Crippen LogP contribution < -0.4 is 0 Å². The van der Waals surface area contributed by atoms with Gasteiger partial charge in [0.15, 0.2) is 5.58 Å². The van der Waals surface area contributed by atoms with Crippen LogP contribution in [0, 0.1) is 0 Å². The first kappa shape index (κ1) is 8.30. The molecule has 2 rings (SSSR count). The first-order valence-corrected chi connectivity index (χ1v) is 4.41. The van der Waals surface area contributed by atoms with Gasteiger partial charge in [-0.05, 0) is 17.0 Å². The molecule has 0 aliphatic heterocycles. The summed E-state index contributed by atoms with van der Waals surface area (Å²) in [6, 6.07) is 3.93. The predicted molar refractivity (Wildman–Crippen MR) is 52.7 cm³/mol. The molecular formula is C11H13NO. The van der Waals surface area contributed by atoms with Crippen LogP contribution in [-0.2, 0) is 5.41 Å². The maximum absolute atomic E-state index is 5.29. The van der Waals surface area contributed by atoms with Gasteiger partial charge < -0.3 is 4.42 Å². The largest absolute Gasteiger partial charge is 0.463 e. The number of hydrogen-bond donors (Lipinski definition) is 0. The van der Waals surface area contributed by atoms with Crippen molar-refractivity contribution < 1.29 is 4.42 Å². The molecule has 0 fully saturated rings. The number of fused-ring (bicyclic) bond motifs is 1. The van der Waals surface area contributed by atoms with Gasteiger partial charge in [0.2, 0.25) is 0 Å². The summed E-state index contributed by atoms with van der Waals surface area (Å²) in [5, 5.41) is 0. The number of furan rings is 1. The van der Waals surface area contributed by atoms with Crippen LogP contribution in [0.5, 0.6) is 0 Å². The highest BCUT2D eigenvalue weighted by Crippen LogP contribution is 2.24. The van der Waals surface area contributed by atoms with Gasteiger partial charge in [0, 0.05) is 12.3 Å². The van der Waals surface area contributed by atoms with Crippen molar-refractivity contribution >= 4 is 11.1 Å². The number of nitrogens with zero attached hydrogens (tertiary/aromatic N) is 1. The van der Waals surface area contributed by atoms with Crippen molar-refractivity contribution in [3.63, 3.8) is 0 Å². The molecule has 0 spiro atoms. The fourth-order valence-electron chi connectivity index (χ4n) is 1.26. The van der Waals surface area contributed by atoms with Crippen molar-refractivity contribution in [3.05, 3.63) is 30.2 Å². The molecule has 13 heavy (non-hydrogen) atoms. The molecule has 2 aromatic rings. The van der Waals surface area contributed by atoms with Crippen LogP contribution in [0.3, 0.4) is 0 Å². The monoisotopic (exact) mass is 175 g/mol. The van der Waals surface area contributed by atoms with Crippen molar-refractivity contribution in [2.45, 2.75) is 26.2 Å². The third-order valence-corrected chi connectivity index (χ3v) is 2.17. The quantitative estimate of drug-likeness (QED) is 0.614. The van der Waals surface area contributed by atoms with Crippen molar-refractivity contribution in [1.82, 2.24) is 4.98 Å². The molecule has 0 saturated carbocycles. The Morgan fingerprint density at radius 1 is 1.31 bits per heavy atom. The molecule has 0 bridgehead atoms.